The molecule has 4 heterocycles. The topological polar surface area (TPSA) is 47.4 Å². The molecule has 4 rings (SSSR count). The van der Waals surface area contributed by atoms with Crippen LogP contribution in [0.4, 0.5) is 0 Å². The first kappa shape index (κ1) is 11.1. The van der Waals surface area contributed by atoms with Crippen molar-refractivity contribution in [3.05, 3.63) is 45.9 Å². The predicted octanol–water partition coefficient (Wildman–Crippen LogP) is 3.62. The third-order valence-corrected chi connectivity index (χ3v) is 5.08. The number of fused-ring (bicyclic) bond motifs is 1. The maximum Gasteiger partial charge on any atom is 0.167 e. The fraction of sp³-hybridized carbons (Fsp3) is 0.154. The van der Waals surface area contributed by atoms with Crippen molar-refractivity contribution in [2.24, 2.45) is 5.16 Å². The van der Waals surface area contributed by atoms with Crippen molar-refractivity contribution >= 4 is 38.6 Å². The first-order valence-electron chi connectivity index (χ1n) is 5.86. The van der Waals surface area contributed by atoms with Crippen molar-refractivity contribution in [3.63, 3.8) is 0 Å². The Balaban J connectivity index is 1.62. The molecule has 0 fully saturated rings. The van der Waals surface area contributed by atoms with Gasteiger partial charge in [-0.3, -0.25) is 0 Å². The van der Waals surface area contributed by atoms with Crippen LogP contribution in [-0.2, 0) is 4.84 Å². The Kier molecular flexibility index (Phi) is 2.56. The van der Waals surface area contributed by atoms with Crippen LogP contribution in [0.25, 0.3) is 10.2 Å². The van der Waals surface area contributed by atoms with Gasteiger partial charge in [-0.2, -0.15) is 0 Å². The van der Waals surface area contributed by atoms with Crippen LogP contribution >= 0.6 is 22.7 Å². The first-order chi connectivity index (χ1) is 9.40. The van der Waals surface area contributed by atoms with Gasteiger partial charge in [-0.15, -0.1) is 22.7 Å². The molecule has 1 aliphatic heterocycles. The summed E-state index contributed by atoms with van der Waals surface area (Å²) >= 11 is 3.34. The molecule has 1 aliphatic rings. The zero-order valence-electron chi connectivity index (χ0n) is 9.81. The number of hydrogen-bond acceptors (Lipinski definition) is 6. The summed E-state index contributed by atoms with van der Waals surface area (Å²) in [6.45, 7) is 0. The Morgan fingerprint density at radius 2 is 2.37 bits per heavy atom. The maximum atomic E-state index is 5.56. The van der Waals surface area contributed by atoms with Gasteiger partial charge < -0.3 is 4.84 Å². The highest BCUT2D eigenvalue weighted by Crippen LogP contribution is 2.36. The fourth-order valence-corrected chi connectivity index (χ4v) is 3.80. The molecular weight excluding hydrogens is 278 g/mol. The van der Waals surface area contributed by atoms with E-state index in [1.807, 2.05) is 12.3 Å². The summed E-state index contributed by atoms with van der Waals surface area (Å²) in [4.78, 5) is 17.2. The van der Waals surface area contributed by atoms with Gasteiger partial charge in [0.15, 0.2) is 6.10 Å². The number of rotatable bonds is 2. The van der Waals surface area contributed by atoms with E-state index in [1.165, 1.54) is 4.88 Å². The minimum Gasteiger partial charge on any atom is -0.386 e. The van der Waals surface area contributed by atoms with Gasteiger partial charge >= 0.3 is 0 Å². The van der Waals surface area contributed by atoms with E-state index in [0.29, 0.717) is 0 Å². The minimum atomic E-state index is 0.0105. The van der Waals surface area contributed by atoms with Crippen molar-refractivity contribution in [3.8, 4) is 0 Å². The van der Waals surface area contributed by atoms with E-state index in [2.05, 4.69) is 32.6 Å². The number of aromatic nitrogens is 2. The highest BCUT2D eigenvalue weighted by Gasteiger charge is 2.26. The largest absolute Gasteiger partial charge is 0.386 e. The monoisotopic (exact) mass is 287 g/mol. The van der Waals surface area contributed by atoms with Crippen LogP contribution in [-0.4, -0.2) is 15.7 Å². The molecule has 19 heavy (non-hydrogen) atoms. The lowest BCUT2D eigenvalue weighted by Gasteiger charge is -2.03. The highest BCUT2D eigenvalue weighted by atomic mass is 32.1. The summed E-state index contributed by atoms with van der Waals surface area (Å²) in [5, 5.41) is 7.33. The lowest BCUT2D eigenvalue weighted by Crippen LogP contribution is -1.97. The Hall–Kier alpha value is -1.79. The van der Waals surface area contributed by atoms with E-state index in [1.54, 1.807) is 29.0 Å². The van der Waals surface area contributed by atoms with Crippen molar-refractivity contribution in [2.45, 2.75) is 12.5 Å². The Morgan fingerprint density at radius 1 is 1.37 bits per heavy atom. The second-order valence-corrected chi connectivity index (χ2v) is 6.26. The van der Waals surface area contributed by atoms with E-state index in [0.717, 1.165) is 27.2 Å². The van der Waals surface area contributed by atoms with Gasteiger partial charge in [0, 0.05) is 18.0 Å². The molecule has 0 radical (unpaired) electrons. The van der Waals surface area contributed by atoms with Gasteiger partial charge in [0.1, 0.15) is 16.9 Å². The smallest absolute Gasteiger partial charge is 0.167 e. The van der Waals surface area contributed by atoms with Gasteiger partial charge in [-0.25, -0.2) is 9.97 Å². The molecule has 0 spiro atoms. The number of hydrogen-bond donors (Lipinski definition) is 0. The van der Waals surface area contributed by atoms with Crippen molar-refractivity contribution in [2.75, 3.05) is 0 Å². The summed E-state index contributed by atoms with van der Waals surface area (Å²) in [6.07, 6.45) is 4.24. The summed E-state index contributed by atoms with van der Waals surface area (Å²) in [6, 6.07) is 6.20. The molecule has 0 saturated carbocycles. The molecule has 0 aromatic carbocycles. The maximum absolute atomic E-state index is 5.56. The van der Waals surface area contributed by atoms with Crippen LogP contribution in [0.1, 0.15) is 22.3 Å². The van der Waals surface area contributed by atoms with Gasteiger partial charge in [0.2, 0.25) is 0 Å². The molecule has 0 aliphatic carbocycles. The summed E-state index contributed by atoms with van der Waals surface area (Å²) in [5.41, 5.74) is 1.03. The van der Waals surface area contributed by atoms with Crippen molar-refractivity contribution in [1.82, 2.24) is 9.97 Å². The SMILES string of the molecule is c1csc(C2=NOC(c3cc4cncnc4s3)C2)c1. The average Bonchev–Trinajstić information content (AvgIpc) is 3.17. The fourth-order valence-electron chi connectivity index (χ4n) is 2.08. The Morgan fingerprint density at radius 3 is 3.21 bits per heavy atom. The zero-order chi connectivity index (χ0) is 12.7. The molecule has 1 atom stereocenters. The molecule has 94 valence electrons. The lowest BCUT2D eigenvalue weighted by atomic mass is 10.1. The van der Waals surface area contributed by atoms with E-state index in [-0.39, 0.29) is 6.10 Å². The standard InChI is InChI=1S/C13H9N3OS2/c1-2-11(18-3-1)9-5-10(17-16-9)12-4-8-6-14-7-15-13(8)19-12/h1-4,6-7,10H,5H2. The second kappa shape index (κ2) is 4.40. The van der Waals surface area contributed by atoms with E-state index >= 15 is 0 Å². The van der Waals surface area contributed by atoms with Crippen molar-refractivity contribution < 1.29 is 4.84 Å². The quantitative estimate of drug-likeness (QED) is 0.723. The molecule has 3 aromatic heterocycles. The molecule has 6 heteroatoms. The predicted molar refractivity (Wildman–Crippen MR) is 76.7 cm³/mol. The molecule has 0 amide bonds. The lowest BCUT2D eigenvalue weighted by molar-refractivity contribution is 0.0884. The molecule has 1 unspecified atom stereocenters. The van der Waals surface area contributed by atoms with Crippen LogP contribution in [0, 0.1) is 0 Å². The normalized spacial score (nSPS) is 18.5. The molecule has 4 nitrogen and oxygen atoms in total. The number of thiophene rings is 2. The van der Waals surface area contributed by atoms with E-state index < -0.39 is 0 Å². The third-order valence-electron chi connectivity index (χ3n) is 3.01. The minimum absolute atomic E-state index is 0.0105. The van der Waals surface area contributed by atoms with E-state index in [4.69, 9.17) is 4.84 Å². The van der Waals surface area contributed by atoms with Gasteiger partial charge in [-0.1, -0.05) is 11.2 Å². The zero-order valence-corrected chi connectivity index (χ0v) is 11.4. The van der Waals surface area contributed by atoms with Crippen molar-refractivity contribution in [1.29, 1.82) is 0 Å². The molecule has 0 bridgehead atoms. The van der Waals surface area contributed by atoms with Crippen LogP contribution < -0.4 is 0 Å². The van der Waals surface area contributed by atoms with Crippen LogP contribution in [0.15, 0.2) is 41.3 Å². The first-order valence-corrected chi connectivity index (χ1v) is 7.56. The Bertz CT molecular complexity index is 715. The highest BCUT2D eigenvalue weighted by molar-refractivity contribution is 7.18. The van der Waals surface area contributed by atoms with Crippen LogP contribution in [0.3, 0.4) is 0 Å². The second-order valence-electron chi connectivity index (χ2n) is 4.25. The number of oxime groups is 1. The summed E-state index contributed by atoms with van der Waals surface area (Å²) < 4.78 is 0. The molecule has 0 saturated heterocycles. The molecule has 0 N–H and O–H groups in total. The molecular formula is C13H9N3OS2. The summed E-state index contributed by atoms with van der Waals surface area (Å²) in [7, 11) is 0. The third kappa shape index (κ3) is 1.93. The number of nitrogens with zero attached hydrogens (tertiary/aromatic N) is 3. The molecule has 3 aromatic rings. The average molecular weight is 287 g/mol. The van der Waals surface area contributed by atoms with Gasteiger partial charge in [-0.05, 0) is 17.5 Å². The van der Waals surface area contributed by atoms with E-state index in [9.17, 15) is 0 Å². The summed E-state index contributed by atoms with van der Waals surface area (Å²) in [5.74, 6) is 0. The van der Waals surface area contributed by atoms with Gasteiger partial charge in [0.25, 0.3) is 0 Å². The van der Waals surface area contributed by atoms with Gasteiger partial charge in [0.05, 0.1) is 9.75 Å². The Labute approximate surface area is 117 Å². The van der Waals surface area contributed by atoms with Crippen LogP contribution in [0.5, 0.6) is 0 Å². The van der Waals surface area contributed by atoms with Crippen LogP contribution in [0.2, 0.25) is 0 Å².